The molecule has 8 heteroatoms. The van der Waals surface area contributed by atoms with Gasteiger partial charge in [0, 0.05) is 25.0 Å². The van der Waals surface area contributed by atoms with Crippen LogP contribution in [0.25, 0.3) is 0 Å². The number of pyridine rings is 1. The van der Waals surface area contributed by atoms with Crippen LogP contribution in [0.4, 0.5) is 17.5 Å². The second-order valence-electron chi connectivity index (χ2n) is 8.35. The molecular weight excluding hydrogens is 384 g/mol. The van der Waals surface area contributed by atoms with Gasteiger partial charge < -0.3 is 16.4 Å². The molecule has 2 fully saturated rings. The van der Waals surface area contributed by atoms with E-state index in [0.29, 0.717) is 21.9 Å². The van der Waals surface area contributed by atoms with Crippen LogP contribution in [0, 0.1) is 5.41 Å². The number of hydrogen-bond donors (Lipinski definition) is 2. The van der Waals surface area contributed by atoms with Gasteiger partial charge in [-0.1, -0.05) is 31.5 Å². The van der Waals surface area contributed by atoms with Gasteiger partial charge in [-0.2, -0.15) is 4.98 Å². The molecule has 0 unspecified atom stereocenters. The van der Waals surface area contributed by atoms with Gasteiger partial charge in [-0.3, -0.25) is 14.3 Å². The number of anilines is 3. The Balaban J connectivity index is 1.60. The maximum absolute atomic E-state index is 13.1. The lowest BCUT2D eigenvalue weighted by atomic mass is 9.77. The Labute approximate surface area is 175 Å². The number of nitrogens with two attached hydrogens (primary N) is 2. The summed E-state index contributed by atoms with van der Waals surface area (Å²) in [6.07, 6.45) is 10.1. The van der Waals surface area contributed by atoms with Crippen LogP contribution in [-0.4, -0.2) is 27.6 Å². The third-order valence-corrected chi connectivity index (χ3v) is 7.68. The Kier molecular flexibility index (Phi) is 5.46. The first kappa shape index (κ1) is 20.1. The molecule has 2 aromatic rings. The molecule has 1 aliphatic carbocycles. The van der Waals surface area contributed by atoms with Gasteiger partial charge in [0.25, 0.3) is 5.56 Å². The Morgan fingerprint density at radius 3 is 2.52 bits per heavy atom. The van der Waals surface area contributed by atoms with Crippen LogP contribution >= 0.6 is 11.8 Å². The summed E-state index contributed by atoms with van der Waals surface area (Å²) in [4.78, 5) is 25.7. The van der Waals surface area contributed by atoms with E-state index in [0.717, 1.165) is 30.1 Å². The third-order valence-electron chi connectivity index (χ3n) is 6.52. The van der Waals surface area contributed by atoms with Gasteiger partial charge in [-0.15, -0.1) is 0 Å². The molecule has 1 saturated heterocycles. The molecule has 2 aromatic heterocycles. The fraction of sp³-hybridized carbons (Fsp3) is 0.571. The van der Waals surface area contributed by atoms with Crippen molar-refractivity contribution in [2.45, 2.75) is 61.7 Å². The highest BCUT2D eigenvalue weighted by molar-refractivity contribution is 7.99. The Morgan fingerprint density at radius 1 is 1.17 bits per heavy atom. The molecule has 1 aliphatic heterocycles. The van der Waals surface area contributed by atoms with E-state index in [4.69, 9.17) is 11.5 Å². The lowest BCUT2D eigenvalue weighted by Gasteiger charge is -2.40. The van der Waals surface area contributed by atoms with Crippen LogP contribution < -0.4 is 21.9 Å². The zero-order chi connectivity index (χ0) is 20.6. The summed E-state index contributed by atoms with van der Waals surface area (Å²) in [7, 11) is 1.78. The molecule has 0 radical (unpaired) electrons. The van der Waals surface area contributed by atoms with Crippen LogP contribution in [0.5, 0.6) is 0 Å². The van der Waals surface area contributed by atoms with Gasteiger partial charge in [-0.25, -0.2) is 0 Å². The zero-order valence-electron chi connectivity index (χ0n) is 17.3. The lowest BCUT2D eigenvalue weighted by molar-refractivity contribution is 0.225. The first-order chi connectivity index (χ1) is 13.9. The summed E-state index contributed by atoms with van der Waals surface area (Å²) < 4.78 is 1.64. The van der Waals surface area contributed by atoms with Crippen LogP contribution in [0.1, 0.15) is 51.1 Å². The number of piperidine rings is 1. The normalized spacial score (nSPS) is 18.5. The molecule has 3 heterocycles. The minimum absolute atomic E-state index is 0.122. The summed E-state index contributed by atoms with van der Waals surface area (Å²) in [5.41, 5.74) is 14.0. The maximum atomic E-state index is 13.1. The quantitative estimate of drug-likeness (QED) is 0.792. The highest BCUT2D eigenvalue weighted by Crippen LogP contribution is 2.46. The van der Waals surface area contributed by atoms with Gasteiger partial charge in [-0.05, 0) is 43.6 Å². The predicted molar refractivity (Wildman–Crippen MR) is 118 cm³/mol. The van der Waals surface area contributed by atoms with Crippen molar-refractivity contribution in [2.24, 2.45) is 12.5 Å². The van der Waals surface area contributed by atoms with Gasteiger partial charge in [0.2, 0.25) is 5.95 Å². The van der Waals surface area contributed by atoms with E-state index < -0.39 is 0 Å². The summed E-state index contributed by atoms with van der Waals surface area (Å²) in [6, 6.07) is 1.84. The Morgan fingerprint density at radius 2 is 1.86 bits per heavy atom. The van der Waals surface area contributed by atoms with E-state index >= 15 is 0 Å². The number of nitrogen functional groups attached to an aromatic ring is 2. The predicted octanol–water partition coefficient (Wildman–Crippen LogP) is 3.21. The largest absolute Gasteiger partial charge is 0.397 e. The number of nitrogens with zero attached hydrogens (tertiary/aromatic N) is 4. The Hall–Kier alpha value is -2.22. The van der Waals surface area contributed by atoms with Crippen molar-refractivity contribution in [2.75, 3.05) is 29.5 Å². The number of rotatable bonds is 4. The molecule has 0 amide bonds. The van der Waals surface area contributed by atoms with Gasteiger partial charge in [0.15, 0.2) is 0 Å². The topological polar surface area (TPSA) is 103 Å². The van der Waals surface area contributed by atoms with Gasteiger partial charge >= 0.3 is 0 Å². The van der Waals surface area contributed by atoms with Crippen molar-refractivity contribution in [3.05, 3.63) is 28.3 Å². The molecule has 29 heavy (non-hydrogen) atoms. The summed E-state index contributed by atoms with van der Waals surface area (Å²) in [5, 5.41) is 0. The molecule has 7 nitrogen and oxygen atoms in total. The first-order valence-electron chi connectivity index (χ1n) is 10.5. The number of aryl methyl sites for hydroxylation is 1. The lowest BCUT2D eigenvalue weighted by Crippen LogP contribution is -2.42. The molecule has 4 rings (SSSR count). The van der Waals surface area contributed by atoms with E-state index in [1.165, 1.54) is 50.3 Å². The fourth-order valence-corrected chi connectivity index (χ4v) is 5.83. The van der Waals surface area contributed by atoms with Crippen molar-refractivity contribution >= 4 is 29.2 Å². The van der Waals surface area contributed by atoms with Gasteiger partial charge in [0.1, 0.15) is 10.7 Å². The van der Waals surface area contributed by atoms with Crippen LogP contribution in [0.2, 0.25) is 0 Å². The van der Waals surface area contributed by atoms with Crippen LogP contribution in [0.3, 0.4) is 0 Å². The maximum Gasteiger partial charge on any atom is 0.270 e. The van der Waals surface area contributed by atoms with Gasteiger partial charge in [0.05, 0.1) is 17.6 Å². The van der Waals surface area contributed by atoms with E-state index in [-0.39, 0.29) is 11.4 Å². The van der Waals surface area contributed by atoms with E-state index in [1.807, 2.05) is 13.0 Å². The SMILES string of the molecule is CCc1ncc(N)cc1Sc1c(N)nc(N2CCC3(CCCC3)CC2)n(C)c1=O. The fourth-order valence-electron chi connectivity index (χ4n) is 4.72. The van der Waals surface area contributed by atoms with Crippen LogP contribution in [-0.2, 0) is 13.5 Å². The highest BCUT2D eigenvalue weighted by atomic mass is 32.2. The number of aromatic nitrogens is 3. The van der Waals surface area contributed by atoms with Crippen molar-refractivity contribution in [3.8, 4) is 0 Å². The highest BCUT2D eigenvalue weighted by Gasteiger charge is 2.37. The average Bonchev–Trinajstić information content (AvgIpc) is 3.17. The minimum Gasteiger partial charge on any atom is -0.397 e. The average molecular weight is 415 g/mol. The second kappa shape index (κ2) is 7.89. The van der Waals surface area contributed by atoms with Crippen molar-refractivity contribution in [1.82, 2.24) is 14.5 Å². The summed E-state index contributed by atoms with van der Waals surface area (Å²) in [5.74, 6) is 0.949. The third kappa shape index (κ3) is 3.82. The molecule has 1 spiro atoms. The molecule has 2 aliphatic rings. The van der Waals surface area contributed by atoms with Crippen molar-refractivity contribution in [3.63, 3.8) is 0 Å². The van der Waals surface area contributed by atoms with E-state index in [1.54, 1.807) is 17.8 Å². The van der Waals surface area contributed by atoms with E-state index in [2.05, 4.69) is 14.9 Å². The number of hydrogen-bond acceptors (Lipinski definition) is 7. The molecule has 0 bridgehead atoms. The van der Waals surface area contributed by atoms with Crippen molar-refractivity contribution in [1.29, 1.82) is 0 Å². The summed E-state index contributed by atoms with van der Waals surface area (Å²) in [6.45, 7) is 3.90. The molecule has 4 N–H and O–H groups in total. The van der Waals surface area contributed by atoms with Crippen LogP contribution in [0.15, 0.2) is 26.8 Å². The monoisotopic (exact) mass is 414 g/mol. The second-order valence-corrected chi connectivity index (χ2v) is 9.41. The molecule has 0 aromatic carbocycles. The molecule has 156 valence electrons. The van der Waals surface area contributed by atoms with E-state index in [9.17, 15) is 4.79 Å². The smallest absolute Gasteiger partial charge is 0.270 e. The molecule has 0 atom stereocenters. The zero-order valence-corrected chi connectivity index (χ0v) is 18.1. The molecule has 1 saturated carbocycles. The standard InChI is InChI=1S/C21H30N6OS/c1-3-15-16(12-14(22)13-24-15)29-17-18(23)25-20(26(2)19(17)28)27-10-8-21(9-11-27)6-4-5-7-21/h12-13H,3-11,22-23H2,1-2H3. The van der Waals surface area contributed by atoms with Crippen molar-refractivity contribution < 1.29 is 0 Å². The first-order valence-corrected chi connectivity index (χ1v) is 11.3. The molecular formula is C21H30N6OS. The minimum atomic E-state index is -0.122. The Bertz CT molecular complexity index is 956. The summed E-state index contributed by atoms with van der Waals surface area (Å²) >= 11 is 1.31.